The molecular weight excluding hydrogens is 769 g/mol. The van der Waals surface area contributed by atoms with Crippen LogP contribution in [-0.4, -0.2) is 37.2 Å². The quantitative estimate of drug-likeness (QED) is 0.0344. The molecule has 2 atom stereocenters. The summed E-state index contributed by atoms with van der Waals surface area (Å²) in [7, 11) is 0. The highest BCUT2D eigenvalue weighted by atomic mass is 16.6. The van der Waals surface area contributed by atoms with E-state index in [1.807, 2.05) is 0 Å². The summed E-state index contributed by atoms with van der Waals surface area (Å²) >= 11 is 0. The molecule has 0 bridgehead atoms. The van der Waals surface area contributed by atoms with Crippen molar-refractivity contribution < 1.29 is 28.6 Å². The molecule has 6 heteroatoms. The zero-order valence-corrected chi connectivity index (χ0v) is 42.3. The molecule has 0 aromatic heterocycles. The van der Waals surface area contributed by atoms with Gasteiger partial charge in [0.1, 0.15) is 13.2 Å². The summed E-state index contributed by atoms with van der Waals surface area (Å²) in [5.41, 5.74) is 0. The Morgan fingerprint density at radius 1 is 0.323 bits per heavy atom. The predicted octanol–water partition coefficient (Wildman–Crippen LogP) is 18.2. The van der Waals surface area contributed by atoms with Gasteiger partial charge in [-0.1, -0.05) is 278 Å². The molecule has 0 aromatic rings. The third-order valence-corrected chi connectivity index (χ3v) is 13.2. The van der Waals surface area contributed by atoms with Crippen LogP contribution in [0.5, 0.6) is 0 Å². The zero-order valence-electron chi connectivity index (χ0n) is 42.3. The van der Waals surface area contributed by atoms with E-state index in [0.717, 1.165) is 63.7 Å². The second-order valence-electron chi connectivity index (χ2n) is 19.5. The molecule has 0 saturated carbocycles. The molecule has 0 amide bonds. The second-order valence-corrected chi connectivity index (χ2v) is 19.5. The minimum absolute atomic E-state index is 0.0627. The Labute approximate surface area is 387 Å². The average molecular weight is 877 g/mol. The van der Waals surface area contributed by atoms with Gasteiger partial charge >= 0.3 is 17.9 Å². The van der Waals surface area contributed by atoms with Crippen molar-refractivity contribution in [3.63, 3.8) is 0 Å². The van der Waals surface area contributed by atoms with Crippen LogP contribution in [0.15, 0.2) is 0 Å². The lowest BCUT2D eigenvalue weighted by atomic mass is 9.99. The number of carbonyl (C=O) groups excluding carboxylic acids is 3. The fourth-order valence-corrected chi connectivity index (χ4v) is 8.54. The Morgan fingerprint density at radius 3 is 0.839 bits per heavy atom. The fraction of sp³-hybridized carbons (Fsp3) is 0.946. The number of esters is 3. The maximum atomic E-state index is 12.8. The van der Waals surface area contributed by atoms with Gasteiger partial charge in [0.2, 0.25) is 0 Å². The van der Waals surface area contributed by atoms with Crippen molar-refractivity contribution in [2.75, 3.05) is 13.2 Å². The van der Waals surface area contributed by atoms with Gasteiger partial charge < -0.3 is 14.2 Å². The highest BCUT2D eigenvalue weighted by Crippen LogP contribution is 2.18. The molecule has 0 fully saturated rings. The van der Waals surface area contributed by atoms with Gasteiger partial charge in [-0.05, 0) is 25.2 Å². The van der Waals surface area contributed by atoms with Crippen LogP contribution >= 0.6 is 0 Å². The summed E-state index contributed by atoms with van der Waals surface area (Å²) in [5, 5.41) is 0. The van der Waals surface area contributed by atoms with Crippen molar-refractivity contribution in [1.82, 2.24) is 0 Å². The molecule has 0 aliphatic carbocycles. The first-order chi connectivity index (χ1) is 30.4. The summed E-state index contributed by atoms with van der Waals surface area (Å²) < 4.78 is 16.9. The van der Waals surface area contributed by atoms with Gasteiger partial charge in [0.15, 0.2) is 6.10 Å². The topological polar surface area (TPSA) is 78.9 Å². The van der Waals surface area contributed by atoms with E-state index in [1.54, 1.807) is 0 Å². The van der Waals surface area contributed by atoms with Gasteiger partial charge in [-0.15, -0.1) is 0 Å². The molecule has 0 rings (SSSR count). The highest BCUT2D eigenvalue weighted by Gasteiger charge is 2.19. The molecule has 0 radical (unpaired) electrons. The zero-order chi connectivity index (χ0) is 45.2. The summed E-state index contributed by atoms with van der Waals surface area (Å²) in [5.74, 6) is 0.00437. The Balaban J connectivity index is 4.28. The van der Waals surface area contributed by atoms with Crippen LogP contribution in [0.4, 0.5) is 0 Å². The highest BCUT2D eigenvalue weighted by molar-refractivity contribution is 5.71. The average Bonchev–Trinajstić information content (AvgIpc) is 3.27. The molecule has 6 nitrogen and oxygen atoms in total. The van der Waals surface area contributed by atoms with Crippen molar-refractivity contribution >= 4 is 17.9 Å². The van der Waals surface area contributed by atoms with E-state index in [0.29, 0.717) is 19.3 Å². The van der Waals surface area contributed by atoms with Crippen molar-refractivity contribution in [3.05, 3.63) is 0 Å². The lowest BCUT2D eigenvalue weighted by Gasteiger charge is -2.18. The minimum Gasteiger partial charge on any atom is -0.462 e. The van der Waals surface area contributed by atoms with Crippen LogP contribution in [0.1, 0.15) is 317 Å². The lowest BCUT2D eigenvalue weighted by Crippen LogP contribution is -2.30. The monoisotopic (exact) mass is 877 g/mol. The largest absolute Gasteiger partial charge is 0.462 e. The molecule has 0 N–H and O–H groups in total. The lowest BCUT2D eigenvalue weighted by molar-refractivity contribution is -0.167. The number of hydrogen-bond acceptors (Lipinski definition) is 6. The molecule has 1 unspecified atom stereocenters. The molecule has 62 heavy (non-hydrogen) atoms. The smallest absolute Gasteiger partial charge is 0.306 e. The van der Waals surface area contributed by atoms with Crippen molar-refractivity contribution in [1.29, 1.82) is 0 Å². The standard InChI is InChI=1S/C56H108O6/c1-5-8-10-12-14-16-18-20-22-23-25-27-29-31-36-40-44-48-55(58)61-51-53(62-56(59)49-45-41-37-33-32-34-38-42-46-52(4)7-3)50-60-54(57)47-43-39-35-30-28-26-24-21-19-17-15-13-11-9-6-2/h52-53H,5-51H2,1-4H3/t52?,53-/m0/s1. The van der Waals surface area contributed by atoms with Crippen molar-refractivity contribution in [2.24, 2.45) is 5.92 Å². The van der Waals surface area contributed by atoms with Gasteiger partial charge in [-0.25, -0.2) is 0 Å². The Morgan fingerprint density at radius 2 is 0.565 bits per heavy atom. The Kier molecular flexibility index (Phi) is 49.1. The SMILES string of the molecule is CCCCCCCCCCCCCCCCCCCC(=O)OC[C@H](COC(=O)CCCCCCCCCCCCCCCCC)OC(=O)CCCCCCCCCCC(C)CC. The molecular formula is C56H108O6. The van der Waals surface area contributed by atoms with Gasteiger partial charge in [-0.2, -0.15) is 0 Å². The first-order valence-electron chi connectivity index (χ1n) is 27.9. The third kappa shape index (κ3) is 47.9. The first-order valence-corrected chi connectivity index (χ1v) is 27.9. The molecule has 0 aliphatic rings. The van der Waals surface area contributed by atoms with Gasteiger partial charge in [0.05, 0.1) is 0 Å². The summed E-state index contributed by atoms with van der Waals surface area (Å²) in [6, 6.07) is 0. The van der Waals surface area contributed by atoms with E-state index in [2.05, 4.69) is 27.7 Å². The normalized spacial score (nSPS) is 12.4. The van der Waals surface area contributed by atoms with Crippen LogP contribution in [0.25, 0.3) is 0 Å². The number of hydrogen-bond donors (Lipinski definition) is 0. The number of rotatable bonds is 51. The summed E-state index contributed by atoms with van der Waals surface area (Å²) in [4.78, 5) is 38.0. The van der Waals surface area contributed by atoms with E-state index in [1.165, 1.54) is 212 Å². The number of unbranched alkanes of at least 4 members (excludes halogenated alkanes) is 37. The fourth-order valence-electron chi connectivity index (χ4n) is 8.54. The molecule has 0 saturated heterocycles. The number of ether oxygens (including phenoxy) is 3. The first kappa shape index (κ1) is 60.4. The Bertz CT molecular complexity index is 935. The van der Waals surface area contributed by atoms with Gasteiger partial charge in [0.25, 0.3) is 0 Å². The van der Waals surface area contributed by atoms with Crippen LogP contribution in [-0.2, 0) is 28.6 Å². The van der Waals surface area contributed by atoms with E-state index in [-0.39, 0.29) is 31.1 Å². The summed E-state index contributed by atoms with van der Waals surface area (Å²) in [6.45, 7) is 9.05. The van der Waals surface area contributed by atoms with Crippen molar-refractivity contribution in [2.45, 2.75) is 323 Å². The molecule has 0 spiro atoms. The maximum absolute atomic E-state index is 12.8. The molecule has 368 valence electrons. The van der Waals surface area contributed by atoms with E-state index in [4.69, 9.17) is 14.2 Å². The van der Waals surface area contributed by atoms with Gasteiger partial charge in [0, 0.05) is 19.3 Å². The second kappa shape index (κ2) is 50.4. The predicted molar refractivity (Wildman–Crippen MR) is 266 cm³/mol. The van der Waals surface area contributed by atoms with Gasteiger partial charge in [-0.3, -0.25) is 14.4 Å². The van der Waals surface area contributed by atoms with E-state index >= 15 is 0 Å². The van der Waals surface area contributed by atoms with Crippen LogP contribution in [0, 0.1) is 5.92 Å². The molecule has 0 aromatic carbocycles. The van der Waals surface area contributed by atoms with E-state index in [9.17, 15) is 14.4 Å². The van der Waals surface area contributed by atoms with Crippen LogP contribution in [0.2, 0.25) is 0 Å². The minimum atomic E-state index is -0.762. The summed E-state index contributed by atoms with van der Waals surface area (Å²) in [6.07, 6.45) is 53.7. The number of carbonyl (C=O) groups is 3. The van der Waals surface area contributed by atoms with Crippen LogP contribution in [0.3, 0.4) is 0 Å². The molecule has 0 heterocycles. The Hall–Kier alpha value is -1.59. The third-order valence-electron chi connectivity index (χ3n) is 13.2. The van der Waals surface area contributed by atoms with Crippen molar-refractivity contribution in [3.8, 4) is 0 Å². The maximum Gasteiger partial charge on any atom is 0.306 e. The molecule has 0 aliphatic heterocycles. The van der Waals surface area contributed by atoms with E-state index < -0.39 is 6.10 Å². The van der Waals surface area contributed by atoms with Crippen LogP contribution < -0.4 is 0 Å².